The maximum absolute atomic E-state index is 12.8. The maximum Gasteiger partial charge on any atom is 0.339 e. The number of esters is 1. The number of rotatable bonds is 2. The van der Waals surface area contributed by atoms with Gasteiger partial charge in [-0.1, -0.05) is 65.2 Å². The van der Waals surface area contributed by atoms with Gasteiger partial charge in [-0.2, -0.15) is 0 Å². The zero-order chi connectivity index (χ0) is 18.3. The fraction of sp³-hybridized carbons (Fsp3) is 0.136. The molecule has 130 valence electrons. The standard InChI is InChI=1S/C22H16Cl2O2/c1-13-5-2-8-16(11-13)22(25)26-21-19-14(6-3-9-17(19)23)12-15-7-4-10-18(24)20(15)21/h2-11,21H,12H2,1H3. The van der Waals surface area contributed by atoms with E-state index in [2.05, 4.69) is 0 Å². The summed E-state index contributed by atoms with van der Waals surface area (Å²) in [6.07, 6.45) is 0.0914. The van der Waals surface area contributed by atoms with E-state index in [-0.39, 0.29) is 0 Å². The summed E-state index contributed by atoms with van der Waals surface area (Å²) in [6, 6.07) is 18.8. The van der Waals surface area contributed by atoms with Crippen LogP contribution in [0.4, 0.5) is 0 Å². The molecule has 0 saturated heterocycles. The lowest BCUT2D eigenvalue weighted by molar-refractivity contribution is 0.0372. The highest BCUT2D eigenvalue weighted by Gasteiger charge is 2.32. The minimum Gasteiger partial charge on any atom is -0.449 e. The number of hydrogen-bond donors (Lipinski definition) is 0. The van der Waals surface area contributed by atoms with Crippen LogP contribution < -0.4 is 0 Å². The molecule has 3 aromatic carbocycles. The number of ether oxygens (including phenoxy) is 1. The minimum absolute atomic E-state index is 0.391. The Bertz CT molecular complexity index is 959. The van der Waals surface area contributed by atoms with Crippen molar-refractivity contribution >= 4 is 29.2 Å². The van der Waals surface area contributed by atoms with Gasteiger partial charge in [0.2, 0.25) is 0 Å². The van der Waals surface area contributed by atoms with E-state index in [1.54, 1.807) is 6.07 Å². The largest absolute Gasteiger partial charge is 0.449 e. The van der Waals surface area contributed by atoms with Gasteiger partial charge >= 0.3 is 5.97 Å². The number of benzene rings is 3. The zero-order valence-electron chi connectivity index (χ0n) is 14.1. The van der Waals surface area contributed by atoms with Crippen molar-refractivity contribution in [1.29, 1.82) is 0 Å². The second-order valence-electron chi connectivity index (χ2n) is 6.46. The Hall–Kier alpha value is -2.29. The van der Waals surface area contributed by atoms with Crippen molar-refractivity contribution in [3.63, 3.8) is 0 Å². The van der Waals surface area contributed by atoms with E-state index in [1.165, 1.54) is 0 Å². The van der Waals surface area contributed by atoms with Crippen LogP contribution in [0.5, 0.6) is 0 Å². The van der Waals surface area contributed by atoms with E-state index in [0.29, 0.717) is 22.0 Å². The van der Waals surface area contributed by atoms with Crippen molar-refractivity contribution in [2.75, 3.05) is 0 Å². The van der Waals surface area contributed by atoms with Crippen molar-refractivity contribution in [3.05, 3.63) is 104 Å². The average molecular weight is 383 g/mol. The molecular weight excluding hydrogens is 367 g/mol. The molecule has 1 aliphatic rings. The maximum atomic E-state index is 12.8. The molecule has 0 fully saturated rings. The molecule has 0 saturated carbocycles. The van der Waals surface area contributed by atoms with Crippen LogP contribution in [0.3, 0.4) is 0 Å². The molecule has 0 atom stereocenters. The normalized spacial score (nSPS) is 13.0. The van der Waals surface area contributed by atoms with Crippen LogP contribution in [-0.2, 0) is 11.2 Å². The van der Waals surface area contributed by atoms with Crippen LogP contribution in [0.25, 0.3) is 0 Å². The van der Waals surface area contributed by atoms with E-state index in [1.807, 2.05) is 61.5 Å². The molecule has 0 radical (unpaired) electrons. The topological polar surface area (TPSA) is 26.3 Å². The molecule has 1 aliphatic carbocycles. The first-order chi connectivity index (χ1) is 12.5. The Morgan fingerprint density at radius 3 is 2.08 bits per heavy atom. The minimum atomic E-state index is -0.621. The number of aryl methyl sites for hydroxylation is 1. The third kappa shape index (κ3) is 3.00. The number of carbonyl (C=O) groups excluding carboxylic acids is 1. The number of carbonyl (C=O) groups is 1. The van der Waals surface area contributed by atoms with Crippen LogP contribution in [0.1, 0.15) is 44.3 Å². The molecule has 0 aromatic heterocycles. The molecule has 4 heteroatoms. The smallest absolute Gasteiger partial charge is 0.339 e. The molecule has 0 unspecified atom stereocenters. The fourth-order valence-electron chi connectivity index (χ4n) is 3.47. The van der Waals surface area contributed by atoms with Gasteiger partial charge in [0.25, 0.3) is 0 Å². The highest BCUT2D eigenvalue weighted by Crippen LogP contribution is 2.44. The highest BCUT2D eigenvalue weighted by molar-refractivity contribution is 6.32. The summed E-state index contributed by atoms with van der Waals surface area (Å²) in [7, 11) is 0. The Morgan fingerprint density at radius 1 is 0.923 bits per heavy atom. The van der Waals surface area contributed by atoms with Gasteiger partial charge in [-0.15, -0.1) is 0 Å². The quantitative estimate of drug-likeness (QED) is 0.496. The molecule has 0 heterocycles. The van der Waals surface area contributed by atoms with E-state index in [9.17, 15) is 4.79 Å². The van der Waals surface area contributed by atoms with Gasteiger partial charge in [0.1, 0.15) is 0 Å². The van der Waals surface area contributed by atoms with Crippen LogP contribution in [-0.4, -0.2) is 5.97 Å². The zero-order valence-corrected chi connectivity index (χ0v) is 15.6. The van der Waals surface area contributed by atoms with Gasteiger partial charge < -0.3 is 4.74 Å². The van der Waals surface area contributed by atoms with Crippen molar-refractivity contribution in [2.45, 2.75) is 19.4 Å². The van der Waals surface area contributed by atoms with Crippen molar-refractivity contribution in [2.24, 2.45) is 0 Å². The molecule has 0 aliphatic heterocycles. The first-order valence-corrected chi connectivity index (χ1v) is 9.12. The third-order valence-corrected chi connectivity index (χ3v) is 5.33. The van der Waals surface area contributed by atoms with Crippen molar-refractivity contribution in [3.8, 4) is 0 Å². The predicted molar refractivity (Wildman–Crippen MR) is 104 cm³/mol. The van der Waals surface area contributed by atoms with E-state index < -0.39 is 12.1 Å². The van der Waals surface area contributed by atoms with Gasteiger partial charge in [0.05, 0.1) is 5.56 Å². The fourth-order valence-corrected chi connectivity index (χ4v) is 4.06. The molecule has 0 spiro atoms. The Kier molecular flexibility index (Phi) is 4.47. The van der Waals surface area contributed by atoms with Crippen molar-refractivity contribution in [1.82, 2.24) is 0 Å². The lowest BCUT2D eigenvalue weighted by atomic mass is 9.83. The number of halogens is 2. The van der Waals surface area contributed by atoms with Gasteiger partial charge in [0, 0.05) is 21.2 Å². The second kappa shape index (κ2) is 6.79. The van der Waals surface area contributed by atoms with E-state index in [0.717, 1.165) is 27.8 Å². The molecule has 0 N–H and O–H groups in total. The first-order valence-electron chi connectivity index (χ1n) is 8.37. The highest BCUT2D eigenvalue weighted by atomic mass is 35.5. The molecule has 0 bridgehead atoms. The summed E-state index contributed by atoms with van der Waals surface area (Å²) in [5, 5.41) is 1.16. The molecule has 4 rings (SSSR count). The Balaban J connectivity index is 1.81. The van der Waals surface area contributed by atoms with Gasteiger partial charge in [-0.05, 0) is 48.7 Å². The Morgan fingerprint density at radius 2 is 1.50 bits per heavy atom. The summed E-state index contributed by atoms with van der Waals surface area (Å²) in [5.41, 5.74) is 5.24. The van der Waals surface area contributed by atoms with Gasteiger partial charge in [0.15, 0.2) is 6.10 Å². The summed E-state index contributed by atoms with van der Waals surface area (Å²) in [6.45, 7) is 1.94. The lowest BCUT2D eigenvalue weighted by Crippen LogP contribution is -2.20. The molecule has 26 heavy (non-hydrogen) atoms. The second-order valence-corrected chi connectivity index (χ2v) is 7.27. The van der Waals surface area contributed by atoms with Crippen LogP contribution in [0.2, 0.25) is 10.0 Å². The van der Waals surface area contributed by atoms with Gasteiger partial charge in [-0.25, -0.2) is 4.79 Å². The first kappa shape index (κ1) is 17.1. The monoisotopic (exact) mass is 382 g/mol. The molecule has 2 nitrogen and oxygen atoms in total. The van der Waals surface area contributed by atoms with Crippen LogP contribution in [0.15, 0.2) is 60.7 Å². The van der Waals surface area contributed by atoms with E-state index >= 15 is 0 Å². The molecular formula is C22H16Cl2O2. The average Bonchev–Trinajstić information content (AvgIpc) is 2.61. The van der Waals surface area contributed by atoms with Crippen molar-refractivity contribution < 1.29 is 9.53 Å². The third-order valence-electron chi connectivity index (χ3n) is 4.67. The lowest BCUT2D eigenvalue weighted by Gasteiger charge is -2.30. The number of hydrogen-bond acceptors (Lipinski definition) is 2. The summed E-state index contributed by atoms with van der Waals surface area (Å²) in [4.78, 5) is 12.8. The van der Waals surface area contributed by atoms with E-state index in [4.69, 9.17) is 27.9 Å². The molecule has 3 aromatic rings. The SMILES string of the molecule is Cc1cccc(C(=O)OC2c3c(Cl)cccc3Cc3cccc(Cl)c32)c1. The summed E-state index contributed by atoms with van der Waals surface area (Å²) in [5.74, 6) is -0.391. The Labute approximate surface area is 162 Å². The van der Waals surface area contributed by atoms with Crippen LogP contribution in [0, 0.1) is 6.92 Å². The predicted octanol–water partition coefficient (Wildman–Crippen LogP) is 6.15. The molecule has 0 amide bonds. The van der Waals surface area contributed by atoms with Crippen LogP contribution >= 0.6 is 23.2 Å². The summed E-state index contributed by atoms with van der Waals surface area (Å²) >= 11 is 13.0. The number of fused-ring (bicyclic) bond motifs is 2. The van der Waals surface area contributed by atoms with Gasteiger partial charge in [-0.3, -0.25) is 0 Å². The summed E-state index contributed by atoms with van der Waals surface area (Å²) < 4.78 is 5.94.